The van der Waals surface area contributed by atoms with Gasteiger partial charge in [-0.1, -0.05) is 31.2 Å². The average molecular weight is 482 g/mol. The standard InChI is InChI=1S/C25H27N3O5S/c1-15(30)11-21-16(2)19(24(25(31)32)28(21)14-29)12-27-20-7-3-6-18-17(20)5-4-8-22(18)33-13-23-26-9-10-34-23/h3-10,14-16,21,27,30H,11-13H2,1-2H3,(H,31,32)/t15-,16+,21?/m1/s1. The van der Waals surface area contributed by atoms with Crippen LogP contribution in [0.1, 0.15) is 25.3 Å². The molecule has 8 nitrogen and oxygen atoms in total. The Hall–Kier alpha value is -3.43. The van der Waals surface area contributed by atoms with Crippen molar-refractivity contribution < 1.29 is 24.5 Å². The van der Waals surface area contributed by atoms with E-state index < -0.39 is 18.1 Å². The quantitative estimate of drug-likeness (QED) is 0.377. The molecule has 4 rings (SSSR count). The lowest BCUT2D eigenvalue weighted by atomic mass is 9.92. The molecule has 0 radical (unpaired) electrons. The van der Waals surface area contributed by atoms with E-state index in [4.69, 9.17) is 4.74 Å². The Kier molecular flexibility index (Phi) is 7.14. The van der Waals surface area contributed by atoms with Crippen molar-refractivity contribution in [3.8, 4) is 5.75 Å². The van der Waals surface area contributed by atoms with Gasteiger partial charge in [-0.3, -0.25) is 4.79 Å². The molecule has 3 aromatic rings. The highest BCUT2D eigenvalue weighted by molar-refractivity contribution is 7.09. The van der Waals surface area contributed by atoms with Crippen LogP contribution in [0.15, 0.2) is 59.2 Å². The number of aromatic nitrogens is 1. The van der Waals surface area contributed by atoms with Gasteiger partial charge in [-0.05, 0) is 31.1 Å². The van der Waals surface area contributed by atoms with Crippen molar-refractivity contribution in [2.75, 3.05) is 11.9 Å². The second-order valence-corrected chi connectivity index (χ2v) is 9.34. The molecule has 2 aromatic carbocycles. The summed E-state index contributed by atoms with van der Waals surface area (Å²) in [5.74, 6) is -0.634. The van der Waals surface area contributed by atoms with Crippen LogP contribution < -0.4 is 10.1 Å². The summed E-state index contributed by atoms with van der Waals surface area (Å²) in [6.07, 6.45) is 1.94. The van der Waals surface area contributed by atoms with Crippen molar-refractivity contribution in [1.29, 1.82) is 0 Å². The van der Waals surface area contributed by atoms with Crippen LogP contribution in [0.4, 0.5) is 5.69 Å². The maximum absolute atomic E-state index is 12.0. The zero-order valence-corrected chi connectivity index (χ0v) is 19.8. The number of hydrogen-bond donors (Lipinski definition) is 3. The molecule has 0 fully saturated rings. The Morgan fingerprint density at radius 3 is 2.74 bits per heavy atom. The molecule has 0 spiro atoms. The Morgan fingerprint density at radius 1 is 1.29 bits per heavy atom. The predicted molar refractivity (Wildman–Crippen MR) is 131 cm³/mol. The van der Waals surface area contributed by atoms with Gasteiger partial charge < -0.3 is 25.2 Å². The third kappa shape index (κ3) is 4.76. The number of thiazole rings is 1. The second kappa shape index (κ2) is 10.2. The van der Waals surface area contributed by atoms with E-state index in [0.717, 1.165) is 27.2 Å². The highest BCUT2D eigenvalue weighted by Crippen LogP contribution is 2.37. The number of hydrogen-bond acceptors (Lipinski definition) is 7. The fourth-order valence-electron chi connectivity index (χ4n) is 4.53. The normalized spacial score (nSPS) is 18.9. The number of amides is 1. The molecule has 3 atom stereocenters. The molecular weight excluding hydrogens is 454 g/mol. The number of ether oxygens (including phenoxy) is 1. The van der Waals surface area contributed by atoms with E-state index in [-0.39, 0.29) is 18.2 Å². The molecule has 0 saturated heterocycles. The van der Waals surface area contributed by atoms with Crippen LogP contribution in [0.2, 0.25) is 0 Å². The number of rotatable bonds is 10. The molecule has 1 aliphatic heterocycles. The lowest BCUT2D eigenvalue weighted by molar-refractivity contribution is -0.137. The van der Waals surface area contributed by atoms with Gasteiger partial charge in [0.25, 0.3) is 0 Å². The number of carbonyl (C=O) groups is 2. The van der Waals surface area contributed by atoms with Gasteiger partial charge in [0.05, 0.1) is 6.10 Å². The highest BCUT2D eigenvalue weighted by atomic mass is 32.1. The largest absolute Gasteiger partial charge is 0.486 e. The molecule has 1 aromatic heterocycles. The van der Waals surface area contributed by atoms with Gasteiger partial charge in [0, 0.05) is 46.5 Å². The summed E-state index contributed by atoms with van der Waals surface area (Å²) in [6.45, 7) is 4.17. The first-order chi connectivity index (χ1) is 16.4. The Bertz CT molecular complexity index is 1210. The van der Waals surface area contributed by atoms with E-state index in [1.807, 2.05) is 48.7 Å². The molecule has 0 aliphatic carbocycles. The maximum Gasteiger partial charge on any atom is 0.352 e. The molecule has 0 bridgehead atoms. The summed E-state index contributed by atoms with van der Waals surface area (Å²) in [4.78, 5) is 29.3. The number of carboxylic acids is 1. The van der Waals surface area contributed by atoms with Gasteiger partial charge in [-0.15, -0.1) is 11.3 Å². The van der Waals surface area contributed by atoms with Crippen LogP contribution in [0.25, 0.3) is 10.8 Å². The van der Waals surface area contributed by atoms with E-state index >= 15 is 0 Å². The summed E-state index contributed by atoms with van der Waals surface area (Å²) in [6, 6.07) is 11.2. The Balaban J connectivity index is 1.59. The van der Waals surface area contributed by atoms with Gasteiger partial charge in [0.2, 0.25) is 6.41 Å². The van der Waals surface area contributed by atoms with Gasteiger partial charge in [-0.2, -0.15) is 0 Å². The molecule has 1 aliphatic rings. The number of carboxylic acid groups (broad SMARTS) is 1. The number of fused-ring (bicyclic) bond motifs is 1. The summed E-state index contributed by atoms with van der Waals surface area (Å²) >= 11 is 1.54. The van der Waals surface area contributed by atoms with Crippen LogP contribution in [0.3, 0.4) is 0 Å². The molecule has 9 heteroatoms. The summed E-state index contributed by atoms with van der Waals surface area (Å²) in [5.41, 5.74) is 1.44. The van der Waals surface area contributed by atoms with E-state index in [1.165, 1.54) is 16.2 Å². The monoisotopic (exact) mass is 481 g/mol. The number of carbonyl (C=O) groups excluding carboxylic acids is 1. The minimum atomic E-state index is -1.15. The SMILES string of the molecule is C[C@@H](O)CC1[C@@H](C)C(CNc2cccc3c(OCc4nccs4)cccc23)=C(C(=O)O)N1C=O. The molecule has 0 saturated carbocycles. The van der Waals surface area contributed by atoms with Crippen LogP contribution in [-0.2, 0) is 16.2 Å². The van der Waals surface area contributed by atoms with Gasteiger partial charge >= 0.3 is 5.97 Å². The number of nitrogens with one attached hydrogen (secondary N) is 1. The molecular formula is C25H27N3O5S. The zero-order chi connectivity index (χ0) is 24.2. The Morgan fingerprint density at radius 2 is 2.06 bits per heavy atom. The van der Waals surface area contributed by atoms with Gasteiger partial charge in [-0.25, -0.2) is 9.78 Å². The number of anilines is 1. The molecule has 2 heterocycles. The summed E-state index contributed by atoms with van der Waals surface area (Å²) < 4.78 is 6.01. The van der Waals surface area contributed by atoms with Crippen molar-refractivity contribution in [3.63, 3.8) is 0 Å². The minimum absolute atomic E-state index is 0.0200. The van der Waals surface area contributed by atoms with Crippen LogP contribution in [0, 0.1) is 5.92 Å². The summed E-state index contributed by atoms with van der Waals surface area (Å²) in [5, 5.41) is 27.7. The number of nitrogens with zero attached hydrogens (tertiary/aromatic N) is 2. The van der Waals surface area contributed by atoms with Gasteiger partial charge in [0.15, 0.2) is 0 Å². The van der Waals surface area contributed by atoms with E-state index in [2.05, 4.69) is 10.3 Å². The van der Waals surface area contributed by atoms with Crippen molar-refractivity contribution in [1.82, 2.24) is 9.88 Å². The van der Waals surface area contributed by atoms with Crippen LogP contribution >= 0.6 is 11.3 Å². The zero-order valence-electron chi connectivity index (χ0n) is 19.0. The van der Waals surface area contributed by atoms with Crippen LogP contribution in [-0.4, -0.2) is 51.2 Å². The van der Waals surface area contributed by atoms with Crippen molar-refractivity contribution >= 4 is 40.2 Å². The topological polar surface area (TPSA) is 112 Å². The molecule has 1 amide bonds. The van der Waals surface area contributed by atoms with Crippen molar-refractivity contribution in [2.45, 2.75) is 39.0 Å². The molecule has 34 heavy (non-hydrogen) atoms. The third-order valence-electron chi connectivity index (χ3n) is 6.13. The fraction of sp³-hybridized carbons (Fsp3) is 0.320. The number of aliphatic hydroxyl groups excluding tert-OH is 1. The van der Waals surface area contributed by atoms with E-state index in [0.29, 0.717) is 25.0 Å². The average Bonchev–Trinajstić information content (AvgIpc) is 3.42. The van der Waals surface area contributed by atoms with E-state index in [9.17, 15) is 19.8 Å². The third-order valence-corrected chi connectivity index (χ3v) is 6.88. The van der Waals surface area contributed by atoms with Crippen molar-refractivity contribution in [2.24, 2.45) is 5.92 Å². The molecule has 1 unspecified atom stereocenters. The highest BCUT2D eigenvalue weighted by Gasteiger charge is 2.41. The molecule has 178 valence electrons. The Labute approximate surface area is 201 Å². The number of benzene rings is 2. The minimum Gasteiger partial charge on any atom is -0.486 e. The number of aliphatic hydroxyl groups is 1. The first-order valence-corrected chi connectivity index (χ1v) is 11.9. The maximum atomic E-state index is 12.0. The second-order valence-electron chi connectivity index (χ2n) is 8.36. The smallest absolute Gasteiger partial charge is 0.352 e. The lowest BCUT2D eigenvalue weighted by Gasteiger charge is -2.26. The molecule has 3 N–H and O–H groups in total. The predicted octanol–water partition coefficient (Wildman–Crippen LogP) is 3.87. The van der Waals surface area contributed by atoms with Crippen LogP contribution in [0.5, 0.6) is 5.75 Å². The fourth-order valence-corrected chi connectivity index (χ4v) is 5.05. The first kappa shape index (κ1) is 23.7. The van der Waals surface area contributed by atoms with E-state index in [1.54, 1.807) is 13.1 Å². The lowest BCUT2D eigenvalue weighted by Crippen LogP contribution is -2.36. The number of aliphatic carboxylic acids is 1. The summed E-state index contributed by atoms with van der Waals surface area (Å²) in [7, 11) is 0. The first-order valence-electron chi connectivity index (χ1n) is 11.1. The van der Waals surface area contributed by atoms with Crippen molar-refractivity contribution in [3.05, 3.63) is 64.3 Å². The van der Waals surface area contributed by atoms with Gasteiger partial charge in [0.1, 0.15) is 23.1 Å².